The van der Waals surface area contributed by atoms with Gasteiger partial charge in [0.05, 0.1) is 10.9 Å². The molecule has 1 saturated heterocycles. The highest BCUT2D eigenvalue weighted by atomic mass is 16.1. The molecule has 0 atom stereocenters. The van der Waals surface area contributed by atoms with Crippen LogP contribution in [0.15, 0.2) is 53.3 Å². The first-order valence-electron chi connectivity index (χ1n) is 8.74. The maximum Gasteiger partial charge on any atom is 0.259 e. The standard InChI is InChI=1S/C20H22N4O/c1-23-11-4-12-24(14-13-23)16-9-7-15(8-10-16)19-21-18-6-3-2-5-17(18)20(25)22-19/h2-3,5-10H,4,11-14H2,1H3,(H,21,22,25). The minimum atomic E-state index is -0.0970. The number of nitrogens with one attached hydrogen (secondary N) is 1. The number of likely N-dealkylation sites (N-methyl/N-ethyl adjacent to an activating group) is 1. The molecule has 1 N–H and O–H groups in total. The van der Waals surface area contributed by atoms with Gasteiger partial charge in [0, 0.05) is 30.9 Å². The molecule has 0 spiro atoms. The first kappa shape index (κ1) is 15.8. The summed E-state index contributed by atoms with van der Waals surface area (Å²) in [6.45, 7) is 4.35. The van der Waals surface area contributed by atoms with Crippen LogP contribution in [-0.4, -0.2) is 48.1 Å². The molecule has 0 amide bonds. The predicted octanol–water partition coefficient (Wildman–Crippen LogP) is 2.73. The van der Waals surface area contributed by atoms with Crippen molar-refractivity contribution in [2.24, 2.45) is 0 Å². The number of aromatic amines is 1. The minimum Gasteiger partial charge on any atom is -0.370 e. The number of H-pyrrole nitrogens is 1. The van der Waals surface area contributed by atoms with E-state index in [1.54, 1.807) is 6.07 Å². The number of hydrogen-bond donors (Lipinski definition) is 1. The summed E-state index contributed by atoms with van der Waals surface area (Å²) >= 11 is 0. The molecular formula is C20H22N4O. The number of anilines is 1. The maximum absolute atomic E-state index is 12.2. The lowest BCUT2D eigenvalue weighted by Gasteiger charge is -2.23. The summed E-state index contributed by atoms with van der Waals surface area (Å²) in [5, 5.41) is 0.622. The van der Waals surface area contributed by atoms with Crippen molar-refractivity contribution in [3.63, 3.8) is 0 Å². The molecule has 0 radical (unpaired) electrons. The maximum atomic E-state index is 12.2. The average molecular weight is 334 g/mol. The van der Waals surface area contributed by atoms with Gasteiger partial charge < -0.3 is 14.8 Å². The Morgan fingerprint density at radius 1 is 0.960 bits per heavy atom. The van der Waals surface area contributed by atoms with Crippen LogP contribution in [0.3, 0.4) is 0 Å². The van der Waals surface area contributed by atoms with Gasteiger partial charge in [-0.05, 0) is 56.4 Å². The Kier molecular flexibility index (Phi) is 4.24. The summed E-state index contributed by atoms with van der Waals surface area (Å²) in [5.41, 5.74) is 2.78. The van der Waals surface area contributed by atoms with Crippen molar-refractivity contribution < 1.29 is 0 Å². The minimum absolute atomic E-state index is 0.0970. The molecule has 0 aliphatic carbocycles. The Morgan fingerprint density at radius 2 is 1.76 bits per heavy atom. The van der Waals surface area contributed by atoms with Gasteiger partial charge in [-0.3, -0.25) is 4.79 Å². The Balaban J connectivity index is 1.63. The molecule has 4 rings (SSSR count). The molecule has 1 fully saturated rings. The smallest absolute Gasteiger partial charge is 0.259 e. The van der Waals surface area contributed by atoms with Crippen LogP contribution in [0.4, 0.5) is 5.69 Å². The number of nitrogens with zero attached hydrogens (tertiary/aromatic N) is 3. The van der Waals surface area contributed by atoms with Crippen LogP contribution in [-0.2, 0) is 0 Å². The number of hydrogen-bond acceptors (Lipinski definition) is 4. The first-order valence-corrected chi connectivity index (χ1v) is 8.74. The number of para-hydroxylation sites is 1. The molecule has 2 aromatic carbocycles. The summed E-state index contributed by atoms with van der Waals surface area (Å²) in [7, 11) is 2.17. The van der Waals surface area contributed by atoms with Crippen molar-refractivity contribution in [3.05, 3.63) is 58.9 Å². The normalized spacial score (nSPS) is 16.1. The number of rotatable bonds is 2. The fourth-order valence-electron chi connectivity index (χ4n) is 3.36. The molecule has 2 heterocycles. The van der Waals surface area contributed by atoms with E-state index in [0.29, 0.717) is 11.2 Å². The van der Waals surface area contributed by atoms with Crippen LogP contribution in [0.25, 0.3) is 22.3 Å². The fraction of sp³-hybridized carbons (Fsp3) is 0.300. The highest BCUT2D eigenvalue weighted by molar-refractivity contribution is 5.79. The molecule has 25 heavy (non-hydrogen) atoms. The second-order valence-corrected chi connectivity index (χ2v) is 6.62. The lowest BCUT2D eigenvalue weighted by Crippen LogP contribution is -2.28. The van der Waals surface area contributed by atoms with Crippen LogP contribution in [0.1, 0.15) is 6.42 Å². The van der Waals surface area contributed by atoms with E-state index in [0.717, 1.165) is 37.3 Å². The quantitative estimate of drug-likeness (QED) is 0.783. The summed E-state index contributed by atoms with van der Waals surface area (Å²) in [6, 6.07) is 15.7. The van der Waals surface area contributed by atoms with E-state index in [1.165, 1.54) is 12.1 Å². The number of benzene rings is 2. The summed E-state index contributed by atoms with van der Waals surface area (Å²) in [5.74, 6) is 0.617. The molecule has 0 bridgehead atoms. The second-order valence-electron chi connectivity index (χ2n) is 6.62. The molecule has 5 heteroatoms. The monoisotopic (exact) mass is 334 g/mol. The van der Waals surface area contributed by atoms with Crippen LogP contribution < -0.4 is 10.5 Å². The van der Waals surface area contributed by atoms with Gasteiger partial charge in [-0.15, -0.1) is 0 Å². The Bertz CT molecular complexity index is 932. The van der Waals surface area contributed by atoms with Crippen LogP contribution in [0.5, 0.6) is 0 Å². The van der Waals surface area contributed by atoms with Crippen molar-refractivity contribution >= 4 is 16.6 Å². The molecule has 0 saturated carbocycles. The van der Waals surface area contributed by atoms with E-state index in [1.807, 2.05) is 30.3 Å². The average Bonchev–Trinajstić information content (AvgIpc) is 2.86. The van der Waals surface area contributed by atoms with E-state index >= 15 is 0 Å². The molecule has 128 valence electrons. The number of aromatic nitrogens is 2. The Morgan fingerprint density at radius 3 is 2.60 bits per heavy atom. The van der Waals surface area contributed by atoms with Gasteiger partial charge in [-0.25, -0.2) is 4.98 Å². The second kappa shape index (κ2) is 6.69. The van der Waals surface area contributed by atoms with E-state index < -0.39 is 0 Å². The van der Waals surface area contributed by atoms with Crippen LogP contribution >= 0.6 is 0 Å². The van der Waals surface area contributed by atoms with Gasteiger partial charge in [0.2, 0.25) is 0 Å². The van der Waals surface area contributed by atoms with Crippen molar-refractivity contribution in [2.45, 2.75) is 6.42 Å². The van der Waals surface area contributed by atoms with E-state index in [9.17, 15) is 4.79 Å². The zero-order valence-corrected chi connectivity index (χ0v) is 14.4. The van der Waals surface area contributed by atoms with E-state index in [2.05, 4.69) is 38.9 Å². The topological polar surface area (TPSA) is 52.2 Å². The van der Waals surface area contributed by atoms with Crippen molar-refractivity contribution in [1.29, 1.82) is 0 Å². The summed E-state index contributed by atoms with van der Waals surface area (Å²) in [4.78, 5) is 24.5. The Labute approximate surface area is 146 Å². The van der Waals surface area contributed by atoms with Crippen molar-refractivity contribution in [1.82, 2.24) is 14.9 Å². The molecule has 0 unspecified atom stereocenters. The van der Waals surface area contributed by atoms with Gasteiger partial charge in [0.25, 0.3) is 5.56 Å². The molecule has 3 aromatic rings. The van der Waals surface area contributed by atoms with Crippen molar-refractivity contribution in [3.8, 4) is 11.4 Å². The molecule has 1 aliphatic rings. The number of fused-ring (bicyclic) bond motifs is 1. The molecule has 5 nitrogen and oxygen atoms in total. The van der Waals surface area contributed by atoms with Crippen molar-refractivity contribution in [2.75, 3.05) is 38.1 Å². The fourth-order valence-corrected chi connectivity index (χ4v) is 3.36. The third-order valence-corrected chi connectivity index (χ3v) is 4.84. The van der Waals surface area contributed by atoms with Crippen LogP contribution in [0.2, 0.25) is 0 Å². The van der Waals surface area contributed by atoms with Gasteiger partial charge in [-0.2, -0.15) is 0 Å². The van der Waals surface area contributed by atoms with Crippen LogP contribution in [0, 0.1) is 0 Å². The zero-order valence-electron chi connectivity index (χ0n) is 14.4. The predicted molar refractivity (Wildman–Crippen MR) is 102 cm³/mol. The lowest BCUT2D eigenvalue weighted by atomic mass is 10.1. The first-order chi connectivity index (χ1) is 12.2. The third kappa shape index (κ3) is 3.28. The van der Waals surface area contributed by atoms with Gasteiger partial charge in [0.15, 0.2) is 0 Å². The van der Waals surface area contributed by atoms with E-state index in [-0.39, 0.29) is 5.56 Å². The summed E-state index contributed by atoms with van der Waals surface area (Å²) < 4.78 is 0. The van der Waals surface area contributed by atoms with E-state index in [4.69, 9.17) is 0 Å². The zero-order chi connectivity index (χ0) is 17.2. The third-order valence-electron chi connectivity index (χ3n) is 4.84. The SMILES string of the molecule is CN1CCCN(c2ccc(-c3nc4ccccc4c(=O)[nH]3)cc2)CC1. The largest absolute Gasteiger partial charge is 0.370 e. The van der Waals surface area contributed by atoms with Gasteiger partial charge in [-0.1, -0.05) is 12.1 Å². The highest BCUT2D eigenvalue weighted by Gasteiger charge is 2.13. The van der Waals surface area contributed by atoms with Gasteiger partial charge >= 0.3 is 0 Å². The molecule has 1 aromatic heterocycles. The lowest BCUT2D eigenvalue weighted by molar-refractivity contribution is 0.360. The Hall–Kier alpha value is -2.66. The molecule has 1 aliphatic heterocycles. The molecular weight excluding hydrogens is 312 g/mol. The van der Waals surface area contributed by atoms with Gasteiger partial charge in [0.1, 0.15) is 5.82 Å². The highest BCUT2D eigenvalue weighted by Crippen LogP contribution is 2.22. The summed E-state index contributed by atoms with van der Waals surface area (Å²) in [6.07, 6.45) is 1.18.